The van der Waals surface area contributed by atoms with Crippen LogP contribution in [0, 0.1) is 0 Å². The number of fused-ring (bicyclic) bond motifs is 1. The van der Waals surface area contributed by atoms with Crippen LogP contribution >= 0.6 is 23.4 Å². The van der Waals surface area contributed by atoms with Crippen molar-refractivity contribution in [3.63, 3.8) is 0 Å². The van der Waals surface area contributed by atoms with Crippen LogP contribution in [0.1, 0.15) is 36.8 Å². The number of nitrogens with zero attached hydrogens (tertiary/aromatic N) is 1. The molecule has 0 amide bonds. The molecule has 0 saturated carbocycles. The molecular weight excluding hydrogens is 406 g/mol. The summed E-state index contributed by atoms with van der Waals surface area (Å²) in [5.74, 6) is -0.260. The van der Waals surface area contributed by atoms with Crippen molar-refractivity contribution in [2.45, 2.75) is 37.0 Å². The summed E-state index contributed by atoms with van der Waals surface area (Å²) in [5, 5.41) is 11.6. The van der Waals surface area contributed by atoms with Gasteiger partial charge < -0.3 is 14.4 Å². The minimum atomic E-state index is -0.949. The number of carbonyl (C=O) groups is 1. The minimum Gasteiger partial charge on any atom is -0.490 e. The molecule has 0 aliphatic rings. The molecule has 0 aliphatic heterocycles. The van der Waals surface area contributed by atoms with E-state index in [2.05, 4.69) is 27.4 Å². The molecule has 0 unspecified atom stereocenters. The molecule has 152 valence electrons. The number of rotatable bonds is 7. The second kappa shape index (κ2) is 8.56. The van der Waals surface area contributed by atoms with Crippen molar-refractivity contribution in [3.05, 3.63) is 71.4 Å². The fourth-order valence-corrected chi connectivity index (χ4v) is 4.41. The van der Waals surface area contributed by atoms with E-state index in [1.807, 2.05) is 47.0 Å². The number of aromatic carboxylic acids is 1. The Morgan fingerprint density at radius 1 is 1.24 bits per heavy atom. The molecule has 0 aliphatic carbocycles. The summed E-state index contributed by atoms with van der Waals surface area (Å²) in [5.41, 5.74) is 2.12. The van der Waals surface area contributed by atoms with E-state index in [9.17, 15) is 9.90 Å². The minimum absolute atomic E-state index is 0.151. The van der Waals surface area contributed by atoms with E-state index in [1.54, 1.807) is 17.8 Å². The Bertz CT molecular complexity index is 1050. The van der Waals surface area contributed by atoms with Crippen LogP contribution in [0.3, 0.4) is 0 Å². The molecule has 0 atom stereocenters. The fourth-order valence-electron chi connectivity index (χ4n) is 3.11. The Hall–Kier alpha value is -2.37. The molecule has 3 rings (SSSR count). The van der Waals surface area contributed by atoms with Gasteiger partial charge in [-0.1, -0.05) is 57.2 Å². The first-order valence-corrected chi connectivity index (χ1v) is 10.5. The largest absolute Gasteiger partial charge is 0.490 e. The molecule has 6 heteroatoms. The van der Waals surface area contributed by atoms with Gasteiger partial charge in [-0.3, -0.25) is 0 Å². The van der Waals surface area contributed by atoms with E-state index >= 15 is 0 Å². The number of aromatic nitrogens is 1. The van der Waals surface area contributed by atoms with Gasteiger partial charge in [0.1, 0.15) is 18.1 Å². The van der Waals surface area contributed by atoms with Gasteiger partial charge in [-0.2, -0.15) is 0 Å². The van der Waals surface area contributed by atoms with Crippen LogP contribution in [0.25, 0.3) is 10.9 Å². The second-order valence-electron chi connectivity index (χ2n) is 7.69. The van der Waals surface area contributed by atoms with Crippen molar-refractivity contribution >= 4 is 40.2 Å². The summed E-state index contributed by atoms with van der Waals surface area (Å²) in [4.78, 5) is 13.0. The number of thioether (sulfide) groups is 1. The van der Waals surface area contributed by atoms with Gasteiger partial charge in [0.05, 0.1) is 5.52 Å². The predicted molar refractivity (Wildman–Crippen MR) is 121 cm³/mol. The van der Waals surface area contributed by atoms with Crippen LogP contribution in [0.2, 0.25) is 5.02 Å². The normalized spacial score (nSPS) is 11.6. The van der Waals surface area contributed by atoms with Gasteiger partial charge in [0, 0.05) is 26.6 Å². The average molecular weight is 430 g/mol. The number of carboxylic acid groups (broad SMARTS) is 1. The Kier molecular flexibility index (Phi) is 6.30. The van der Waals surface area contributed by atoms with Gasteiger partial charge in [0.2, 0.25) is 0 Å². The van der Waals surface area contributed by atoms with Gasteiger partial charge in [-0.25, -0.2) is 4.79 Å². The summed E-state index contributed by atoms with van der Waals surface area (Å²) >= 11 is 7.56. The van der Waals surface area contributed by atoms with E-state index in [-0.39, 0.29) is 10.4 Å². The highest BCUT2D eigenvalue weighted by Gasteiger charge is 2.27. The molecule has 3 aromatic rings. The SMILES string of the molecule is C=CCOc1ccc2c(c1)c(SC(C)(C)C)c(C(=O)O)n2Cc1ccc(Cl)cc1. The van der Waals surface area contributed by atoms with Gasteiger partial charge >= 0.3 is 5.97 Å². The lowest BCUT2D eigenvalue weighted by Gasteiger charge is -2.18. The maximum absolute atomic E-state index is 12.3. The Labute approximate surface area is 180 Å². The summed E-state index contributed by atoms with van der Waals surface area (Å²) in [6, 6.07) is 13.2. The molecule has 1 heterocycles. The van der Waals surface area contributed by atoms with Crippen LogP contribution in [0.15, 0.2) is 60.0 Å². The lowest BCUT2D eigenvalue weighted by molar-refractivity contribution is 0.0682. The maximum atomic E-state index is 12.3. The zero-order valence-electron chi connectivity index (χ0n) is 16.7. The lowest BCUT2D eigenvalue weighted by Crippen LogP contribution is -2.13. The third-order valence-electron chi connectivity index (χ3n) is 4.22. The molecule has 0 spiro atoms. The van der Waals surface area contributed by atoms with Gasteiger partial charge in [-0.05, 0) is 35.9 Å². The van der Waals surface area contributed by atoms with E-state index in [1.165, 1.54) is 0 Å². The van der Waals surface area contributed by atoms with Crippen LogP contribution < -0.4 is 4.74 Å². The van der Waals surface area contributed by atoms with Gasteiger partial charge in [0.15, 0.2) is 0 Å². The number of carboxylic acids is 1. The van der Waals surface area contributed by atoms with Crippen molar-refractivity contribution in [2.24, 2.45) is 0 Å². The topological polar surface area (TPSA) is 51.5 Å². The molecule has 4 nitrogen and oxygen atoms in total. The molecule has 29 heavy (non-hydrogen) atoms. The van der Waals surface area contributed by atoms with Crippen molar-refractivity contribution in [2.75, 3.05) is 6.61 Å². The van der Waals surface area contributed by atoms with Crippen LogP contribution in [-0.2, 0) is 6.54 Å². The number of ether oxygens (including phenoxy) is 1. The highest BCUT2D eigenvalue weighted by molar-refractivity contribution is 8.00. The number of hydrogen-bond donors (Lipinski definition) is 1. The average Bonchev–Trinajstić information content (AvgIpc) is 2.93. The first-order valence-electron chi connectivity index (χ1n) is 9.26. The quantitative estimate of drug-likeness (QED) is 0.344. The first-order chi connectivity index (χ1) is 13.7. The van der Waals surface area contributed by atoms with Gasteiger partial charge in [-0.15, -0.1) is 11.8 Å². The second-order valence-corrected chi connectivity index (χ2v) is 9.96. The zero-order chi connectivity index (χ0) is 21.2. The number of hydrogen-bond acceptors (Lipinski definition) is 3. The van der Waals surface area contributed by atoms with E-state index < -0.39 is 5.97 Å². The third kappa shape index (κ3) is 4.98. The molecule has 2 aromatic carbocycles. The Morgan fingerprint density at radius 2 is 1.93 bits per heavy atom. The highest BCUT2D eigenvalue weighted by Crippen LogP contribution is 2.42. The number of halogens is 1. The Balaban J connectivity index is 2.21. The van der Waals surface area contributed by atoms with Crippen molar-refractivity contribution in [3.8, 4) is 5.75 Å². The summed E-state index contributed by atoms with van der Waals surface area (Å²) in [7, 11) is 0. The molecule has 0 radical (unpaired) electrons. The molecule has 1 N–H and O–H groups in total. The zero-order valence-corrected chi connectivity index (χ0v) is 18.3. The third-order valence-corrected chi connectivity index (χ3v) is 5.70. The fraction of sp³-hybridized carbons (Fsp3) is 0.261. The van der Waals surface area contributed by atoms with E-state index in [0.717, 1.165) is 21.4 Å². The maximum Gasteiger partial charge on any atom is 0.353 e. The van der Waals surface area contributed by atoms with Crippen LogP contribution in [-0.4, -0.2) is 27.0 Å². The predicted octanol–water partition coefficient (Wildman–Crippen LogP) is 6.50. The molecule has 1 aromatic heterocycles. The highest BCUT2D eigenvalue weighted by atomic mass is 35.5. The van der Waals surface area contributed by atoms with E-state index in [0.29, 0.717) is 23.9 Å². The summed E-state index contributed by atoms with van der Waals surface area (Å²) in [6.07, 6.45) is 1.68. The monoisotopic (exact) mass is 429 g/mol. The van der Waals surface area contributed by atoms with E-state index in [4.69, 9.17) is 16.3 Å². The smallest absolute Gasteiger partial charge is 0.353 e. The van der Waals surface area contributed by atoms with Crippen molar-refractivity contribution in [1.29, 1.82) is 0 Å². The van der Waals surface area contributed by atoms with Crippen molar-refractivity contribution in [1.82, 2.24) is 4.57 Å². The number of benzene rings is 2. The first kappa shape index (κ1) is 21.3. The summed E-state index contributed by atoms with van der Waals surface area (Å²) in [6.45, 7) is 10.7. The molecule has 0 saturated heterocycles. The van der Waals surface area contributed by atoms with Gasteiger partial charge in [0.25, 0.3) is 0 Å². The van der Waals surface area contributed by atoms with Crippen molar-refractivity contribution < 1.29 is 14.6 Å². The molecular formula is C23H24ClNO3S. The lowest BCUT2D eigenvalue weighted by atomic mass is 10.2. The Morgan fingerprint density at radius 3 is 2.52 bits per heavy atom. The molecule has 0 bridgehead atoms. The van der Waals surface area contributed by atoms with Crippen LogP contribution in [0.4, 0.5) is 0 Å². The summed E-state index contributed by atoms with van der Waals surface area (Å²) < 4.78 is 7.39. The standard InChI is InChI=1S/C23H24ClNO3S/c1-5-12-28-17-10-11-19-18(13-17)21(29-23(2,3)4)20(22(26)27)25(19)14-15-6-8-16(24)9-7-15/h5-11,13H,1,12,14H2,2-4H3,(H,26,27). The molecule has 0 fully saturated rings. The van der Waals surface area contributed by atoms with Crippen LogP contribution in [0.5, 0.6) is 5.75 Å².